The molecule has 1 heterocycles. The highest BCUT2D eigenvalue weighted by molar-refractivity contribution is 7.89. The Morgan fingerprint density at radius 2 is 1.60 bits per heavy atom. The summed E-state index contributed by atoms with van der Waals surface area (Å²) >= 11 is 1.59. The highest BCUT2D eigenvalue weighted by Gasteiger charge is 2.33. The number of hydrogen-bond donors (Lipinski definition) is 0. The van der Waals surface area contributed by atoms with Gasteiger partial charge in [-0.15, -0.1) is 11.3 Å². The summed E-state index contributed by atoms with van der Waals surface area (Å²) in [6.45, 7) is 4.44. The number of carbonyl (C=O) groups excluding carboxylic acids is 1. The summed E-state index contributed by atoms with van der Waals surface area (Å²) in [4.78, 5) is 16.7. The molecule has 0 spiro atoms. The van der Waals surface area contributed by atoms with E-state index in [1.807, 2.05) is 92.0 Å². The Morgan fingerprint density at radius 1 is 0.886 bits per heavy atom. The minimum absolute atomic E-state index is 0.210. The van der Waals surface area contributed by atoms with Crippen LogP contribution in [0.5, 0.6) is 0 Å². The van der Waals surface area contributed by atoms with Crippen molar-refractivity contribution in [1.82, 2.24) is 9.21 Å². The third kappa shape index (κ3) is 5.81. The molecule has 3 aromatic carbocycles. The molecular formula is C28H30N2O3S2. The van der Waals surface area contributed by atoms with Crippen molar-refractivity contribution in [2.75, 3.05) is 6.54 Å². The average molecular weight is 507 g/mol. The maximum atomic E-state index is 13.9. The molecule has 35 heavy (non-hydrogen) atoms. The molecule has 5 nitrogen and oxygen atoms in total. The van der Waals surface area contributed by atoms with Crippen LogP contribution >= 0.6 is 11.3 Å². The zero-order chi connectivity index (χ0) is 24.8. The van der Waals surface area contributed by atoms with Crippen LogP contribution in [0.3, 0.4) is 0 Å². The lowest BCUT2D eigenvalue weighted by atomic mass is 10.1. The molecule has 0 bridgehead atoms. The van der Waals surface area contributed by atoms with E-state index in [4.69, 9.17) is 0 Å². The zero-order valence-corrected chi connectivity index (χ0v) is 21.6. The Balaban J connectivity index is 1.67. The Hall–Kier alpha value is -3.00. The number of benzene rings is 3. The molecule has 0 fully saturated rings. The first kappa shape index (κ1) is 25.1. The zero-order valence-electron chi connectivity index (χ0n) is 20.0. The molecule has 0 N–H and O–H groups in total. The standard InChI is InChI=1S/C28H30N2O3S2/c1-3-22(2)30(35(32,33)27-17-9-14-24-13-7-8-16-26(24)27)21-28(31)29(20-25-15-10-18-34-25)19-23-11-5-4-6-12-23/h4-18,22H,3,19-21H2,1-2H3. The summed E-state index contributed by atoms with van der Waals surface area (Å²) in [6.07, 6.45) is 0.598. The van der Waals surface area contributed by atoms with Gasteiger partial charge in [-0.2, -0.15) is 4.31 Å². The average Bonchev–Trinajstić information content (AvgIpc) is 3.39. The lowest BCUT2D eigenvalue weighted by Gasteiger charge is -2.30. The van der Waals surface area contributed by atoms with Gasteiger partial charge in [0.05, 0.1) is 18.0 Å². The summed E-state index contributed by atoms with van der Waals surface area (Å²) in [7, 11) is -3.91. The maximum Gasteiger partial charge on any atom is 0.244 e. The van der Waals surface area contributed by atoms with E-state index in [9.17, 15) is 13.2 Å². The van der Waals surface area contributed by atoms with Gasteiger partial charge >= 0.3 is 0 Å². The van der Waals surface area contributed by atoms with Gasteiger partial charge in [-0.1, -0.05) is 79.7 Å². The SMILES string of the molecule is CCC(C)N(CC(=O)N(Cc1ccccc1)Cc1cccs1)S(=O)(=O)c1cccc2ccccc12. The summed E-state index contributed by atoms with van der Waals surface area (Å²) in [6, 6.07) is 26.1. The second-order valence-electron chi connectivity index (χ2n) is 8.60. The largest absolute Gasteiger partial charge is 0.332 e. The van der Waals surface area contributed by atoms with Gasteiger partial charge in [0.15, 0.2) is 0 Å². The molecule has 0 aliphatic rings. The lowest BCUT2D eigenvalue weighted by molar-refractivity contribution is -0.133. The summed E-state index contributed by atoms with van der Waals surface area (Å²) in [5.74, 6) is -0.216. The summed E-state index contributed by atoms with van der Waals surface area (Å²) in [5, 5.41) is 3.50. The van der Waals surface area contributed by atoms with E-state index in [-0.39, 0.29) is 23.4 Å². The van der Waals surface area contributed by atoms with Crippen molar-refractivity contribution in [3.63, 3.8) is 0 Å². The lowest BCUT2D eigenvalue weighted by Crippen LogP contribution is -2.46. The van der Waals surface area contributed by atoms with Crippen molar-refractivity contribution in [2.24, 2.45) is 0 Å². The van der Waals surface area contributed by atoms with Gasteiger partial charge in [0.25, 0.3) is 0 Å². The summed E-state index contributed by atoms with van der Waals surface area (Å²) in [5.41, 5.74) is 1.00. The Labute approximate surface area is 211 Å². The minimum Gasteiger partial charge on any atom is -0.332 e. The van der Waals surface area contributed by atoms with Crippen molar-refractivity contribution in [3.8, 4) is 0 Å². The third-order valence-corrected chi connectivity index (χ3v) is 9.08. The van der Waals surface area contributed by atoms with Crippen LogP contribution in [0.4, 0.5) is 0 Å². The van der Waals surface area contributed by atoms with Crippen LogP contribution in [0.25, 0.3) is 10.8 Å². The number of carbonyl (C=O) groups is 1. The van der Waals surface area contributed by atoms with Gasteiger partial charge in [-0.05, 0) is 41.8 Å². The van der Waals surface area contributed by atoms with E-state index in [2.05, 4.69) is 0 Å². The maximum absolute atomic E-state index is 13.9. The topological polar surface area (TPSA) is 57.7 Å². The van der Waals surface area contributed by atoms with E-state index in [1.165, 1.54) is 4.31 Å². The number of rotatable bonds is 10. The molecule has 1 aromatic heterocycles. The fourth-order valence-corrected chi connectivity index (χ4v) is 6.68. The van der Waals surface area contributed by atoms with Crippen LogP contribution in [-0.4, -0.2) is 36.1 Å². The highest BCUT2D eigenvalue weighted by Crippen LogP contribution is 2.28. The van der Waals surface area contributed by atoms with Crippen molar-refractivity contribution in [3.05, 3.63) is 101 Å². The van der Waals surface area contributed by atoms with Crippen LogP contribution in [0.1, 0.15) is 30.7 Å². The first-order valence-corrected chi connectivity index (χ1v) is 14.1. The normalized spacial score (nSPS) is 12.7. The molecule has 182 valence electrons. The molecule has 1 amide bonds. The van der Waals surface area contributed by atoms with Gasteiger partial charge in [0, 0.05) is 22.8 Å². The van der Waals surface area contributed by atoms with Gasteiger partial charge in [-0.3, -0.25) is 4.79 Å². The fourth-order valence-electron chi connectivity index (χ4n) is 4.09. The second kappa shape index (κ2) is 11.2. The molecule has 7 heteroatoms. The third-order valence-electron chi connectivity index (χ3n) is 6.21. The second-order valence-corrected chi connectivity index (χ2v) is 11.5. The van der Waals surface area contributed by atoms with E-state index in [0.717, 1.165) is 15.8 Å². The number of hydrogen-bond acceptors (Lipinski definition) is 4. The monoisotopic (exact) mass is 506 g/mol. The van der Waals surface area contributed by atoms with Crippen LogP contribution in [0.15, 0.2) is 95.2 Å². The van der Waals surface area contributed by atoms with Gasteiger partial charge in [0.1, 0.15) is 0 Å². The predicted molar refractivity (Wildman–Crippen MR) is 143 cm³/mol. The molecular weight excluding hydrogens is 476 g/mol. The van der Waals surface area contributed by atoms with Crippen LogP contribution in [0.2, 0.25) is 0 Å². The van der Waals surface area contributed by atoms with E-state index >= 15 is 0 Å². The molecule has 4 aromatic rings. The predicted octanol–water partition coefficient (Wildman–Crippen LogP) is 5.92. The fraction of sp³-hybridized carbons (Fsp3) is 0.250. The number of nitrogens with zero attached hydrogens (tertiary/aromatic N) is 2. The van der Waals surface area contributed by atoms with E-state index < -0.39 is 10.0 Å². The number of sulfonamides is 1. The van der Waals surface area contributed by atoms with Gasteiger partial charge in [-0.25, -0.2) is 8.42 Å². The Morgan fingerprint density at radius 3 is 2.31 bits per heavy atom. The number of amides is 1. The first-order valence-electron chi connectivity index (χ1n) is 11.7. The number of thiophene rings is 1. The molecule has 1 atom stereocenters. The van der Waals surface area contributed by atoms with Crippen molar-refractivity contribution < 1.29 is 13.2 Å². The van der Waals surface area contributed by atoms with E-state index in [0.29, 0.717) is 24.9 Å². The number of fused-ring (bicyclic) bond motifs is 1. The first-order chi connectivity index (χ1) is 16.9. The molecule has 0 saturated heterocycles. The smallest absolute Gasteiger partial charge is 0.244 e. The van der Waals surface area contributed by atoms with Crippen LogP contribution < -0.4 is 0 Å². The van der Waals surface area contributed by atoms with Crippen molar-refractivity contribution in [2.45, 2.75) is 44.3 Å². The van der Waals surface area contributed by atoms with E-state index in [1.54, 1.807) is 28.4 Å². The van der Waals surface area contributed by atoms with Crippen LogP contribution in [-0.2, 0) is 27.9 Å². The van der Waals surface area contributed by atoms with Crippen LogP contribution in [0, 0.1) is 0 Å². The quantitative estimate of drug-likeness (QED) is 0.268. The Kier molecular flexibility index (Phi) is 8.00. The van der Waals surface area contributed by atoms with Crippen molar-refractivity contribution in [1.29, 1.82) is 0 Å². The Bertz CT molecular complexity index is 1360. The molecule has 0 aliphatic heterocycles. The minimum atomic E-state index is -3.91. The molecule has 0 saturated carbocycles. The molecule has 4 rings (SSSR count). The highest BCUT2D eigenvalue weighted by atomic mass is 32.2. The van der Waals surface area contributed by atoms with Crippen molar-refractivity contribution >= 4 is 38.0 Å². The molecule has 0 aliphatic carbocycles. The molecule has 1 unspecified atom stereocenters. The summed E-state index contributed by atoms with van der Waals surface area (Å²) < 4.78 is 29.2. The van der Waals surface area contributed by atoms with Gasteiger partial charge in [0.2, 0.25) is 15.9 Å². The van der Waals surface area contributed by atoms with Gasteiger partial charge < -0.3 is 4.90 Å². The molecule has 0 radical (unpaired) electrons.